The summed E-state index contributed by atoms with van der Waals surface area (Å²) < 4.78 is 0. The predicted molar refractivity (Wildman–Crippen MR) is 56.2 cm³/mol. The van der Waals surface area contributed by atoms with Crippen molar-refractivity contribution in [3.8, 4) is 0 Å². The Balaban J connectivity index is 2.51. The first-order chi connectivity index (χ1) is 6.58. The van der Waals surface area contributed by atoms with Crippen LogP contribution in [0.5, 0.6) is 0 Å². The van der Waals surface area contributed by atoms with Gasteiger partial charge in [0.2, 0.25) is 5.95 Å². The molecule has 2 N–H and O–H groups in total. The minimum Gasteiger partial charge on any atom is -0.393 e. The van der Waals surface area contributed by atoms with Gasteiger partial charge in [-0.15, -0.1) is 0 Å². The average Bonchev–Trinajstić information content (AvgIpc) is 2.01. The summed E-state index contributed by atoms with van der Waals surface area (Å²) in [6, 6.07) is 2.03. The van der Waals surface area contributed by atoms with Gasteiger partial charge < -0.3 is 10.4 Å². The van der Waals surface area contributed by atoms with E-state index in [0.717, 1.165) is 5.69 Å². The van der Waals surface area contributed by atoms with E-state index in [-0.39, 0.29) is 12.1 Å². The third-order valence-electron chi connectivity index (χ3n) is 1.86. The summed E-state index contributed by atoms with van der Waals surface area (Å²) in [7, 11) is 0. The van der Waals surface area contributed by atoms with Gasteiger partial charge in [0, 0.05) is 17.9 Å². The molecule has 0 saturated heterocycles. The maximum atomic E-state index is 9.17. The van der Waals surface area contributed by atoms with Gasteiger partial charge in [-0.2, -0.15) is 0 Å². The van der Waals surface area contributed by atoms with Crippen LogP contribution in [-0.2, 0) is 0 Å². The highest BCUT2D eigenvalue weighted by atomic mass is 16.3. The Kier molecular flexibility index (Phi) is 3.83. The van der Waals surface area contributed by atoms with Gasteiger partial charge in [-0.05, 0) is 33.3 Å². The molecule has 0 saturated carbocycles. The lowest BCUT2D eigenvalue weighted by molar-refractivity contribution is 0.179. The van der Waals surface area contributed by atoms with Crippen LogP contribution in [0.15, 0.2) is 12.3 Å². The molecule has 1 aromatic rings. The van der Waals surface area contributed by atoms with Crippen LogP contribution in [0.1, 0.15) is 26.0 Å². The molecular weight excluding hydrogens is 178 g/mol. The number of aryl methyl sites for hydroxylation is 1. The third-order valence-corrected chi connectivity index (χ3v) is 1.86. The van der Waals surface area contributed by atoms with Gasteiger partial charge in [0.25, 0.3) is 0 Å². The van der Waals surface area contributed by atoms with Crippen molar-refractivity contribution in [1.82, 2.24) is 9.97 Å². The average molecular weight is 195 g/mol. The first-order valence-electron chi connectivity index (χ1n) is 4.82. The van der Waals surface area contributed by atoms with Gasteiger partial charge >= 0.3 is 0 Å². The Hall–Kier alpha value is -1.16. The molecule has 0 aliphatic rings. The van der Waals surface area contributed by atoms with Gasteiger partial charge in [-0.25, -0.2) is 9.97 Å². The van der Waals surface area contributed by atoms with Crippen molar-refractivity contribution < 1.29 is 5.11 Å². The summed E-state index contributed by atoms with van der Waals surface area (Å²) in [5, 5.41) is 12.3. The summed E-state index contributed by atoms with van der Waals surface area (Å²) in [6.45, 7) is 5.69. The van der Waals surface area contributed by atoms with E-state index < -0.39 is 0 Å². The quantitative estimate of drug-likeness (QED) is 0.761. The molecule has 2 atom stereocenters. The zero-order valence-electron chi connectivity index (χ0n) is 8.86. The summed E-state index contributed by atoms with van der Waals surface area (Å²) in [4.78, 5) is 8.30. The van der Waals surface area contributed by atoms with Gasteiger partial charge in [0.1, 0.15) is 0 Å². The van der Waals surface area contributed by atoms with E-state index in [9.17, 15) is 5.11 Å². The van der Waals surface area contributed by atoms with E-state index in [1.807, 2.05) is 19.9 Å². The molecule has 0 spiro atoms. The number of hydrogen-bond donors (Lipinski definition) is 2. The van der Waals surface area contributed by atoms with E-state index in [1.165, 1.54) is 0 Å². The van der Waals surface area contributed by atoms with Crippen molar-refractivity contribution in [1.29, 1.82) is 0 Å². The van der Waals surface area contributed by atoms with Crippen LogP contribution in [0.2, 0.25) is 0 Å². The highest BCUT2D eigenvalue weighted by Crippen LogP contribution is 2.05. The zero-order valence-corrected chi connectivity index (χ0v) is 8.86. The van der Waals surface area contributed by atoms with Crippen LogP contribution in [0.3, 0.4) is 0 Å². The summed E-state index contributed by atoms with van der Waals surface area (Å²) in [5.41, 5.74) is 0.937. The van der Waals surface area contributed by atoms with E-state index in [1.54, 1.807) is 13.1 Å². The number of nitrogens with one attached hydrogen (secondary N) is 1. The fourth-order valence-electron chi connectivity index (χ4n) is 1.31. The van der Waals surface area contributed by atoms with Crippen molar-refractivity contribution in [3.63, 3.8) is 0 Å². The van der Waals surface area contributed by atoms with Crippen LogP contribution >= 0.6 is 0 Å². The van der Waals surface area contributed by atoms with Gasteiger partial charge in [-0.3, -0.25) is 0 Å². The molecule has 0 aliphatic heterocycles. The number of aromatic nitrogens is 2. The van der Waals surface area contributed by atoms with Crippen LogP contribution in [-0.4, -0.2) is 27.2 Å². The second kappa shape index (κ2) is 4.91. The van der Waals surface area contributed by atoms with Gasteiger partial charge in [-0.1, -0.05) is 0 Å². The second-order valence-corrected chi connectivity index (χ2v) is 3.65. The van der Waals surface area contributed by atoms with Gasteiger partial charge in [0.15, 0.2) is 0 Å². The molecule has 1 rings (SSSR count). The molecule has 2 unspecified atom stereocenters. The minimum atomic E-state index is -0.303. The Labute approximate surface area is 84.4 Å². The number of aliphatic hydroxyl groups is 1. The SMILES string of the molecule is Cc1ccnc(NC(C)CC(C)O)n1. The van der Waals surface area contributed by atoms with E-state index >= 15 is 0 Å². The first-order valence-corrected chi connectivity index (χ1v) is 4.82. The lowest BCUT2D eigenvalue weighted by Gasteiger charge is -2.15. The fourth-order valence-corrected chi connectivity index (χ4v) is 1.31. The van der Waals surface area contributed by atoms with Crippen LogP contribution in [0.25, 0.3) is 0 Å². The lowest BCUT2D eigenvalue weighted by atomic mass is 10.2. The molecule has 1 heterocycles. The Morgan fingerprint density at radius 2 is 2.21 bits per heavy atom. The molecule has 0 amide bonds. The van der Waals surface area contributed by atoms with Crippen molar-refractivity contribution in [2.75, 3.05) is 5.32 Å². The zero-order chi connectivity index (χ0) is 10.6. The standard InChI is InChI=1S/C10H17N3O/c1-7-4-5-11-10(12-7)13-8(2)6-9(3)14/h4-5,8-9,14H,6H2,1-3H3,(H,11,12,13). The van der Waals surface area contributed by atoms with Crippen LogP contribution in [0.4, 0.5) is 5.95 Å². The molecule has 0 radical (unpaired) electrons. The lowest BCUT2D eigenvalue weighted by Crippen LogP contribution is -2.21. The molecule has 1 aromatic heterocycles. The second-order valence-electron chi connectivity index (χ2n) is 3.65. The monoisotopic (exact) mass is 195 g/mol. The van der Waals surface area contributed by atoms with Crippen LogP contribution in [0, 0.1) is 6.92 Å². The van der Waals surface area contributed by atoms with Crippen molar-refractivity contribution in [2.45, 2.75) is 39.3 Å². The molecule has 78 valence electrons. The highest BCUT2D eigenvalue weighted by Gasteiger charge is 2.06. The number of nitrogens with zero attached hydrogens (tertiary/aromatic N) is 2. The minimum absolute atomic E-state index is 0.178. The molecule has 0 fully saturated rings. The predicted octanol–water partition coefficient (Wildman–Crippen LogP) is 1.36. The smallest absolute Gasteiger partial charge is 0.223 e. The number of rotatable bonds is 4. The Morgan fingerprint density at radius 1 is 1.50 bits per heavy atom. The van der Waals surface area contributed by atoms with Gasteiger partial charge in [0.05, 0.1) is 6.10 Å². The van der Waals surface area contributed by atoms with Crippen molar-refractivity contribution in [2.24, 2.45) is 0 Å². The highest BCUT2D eigenvalue weighted by molar-refractivity contribution is 5.25. The van der Waals surface area contributed by atoms with E-state index in [4.69, 9.17) is 0 Å². The largest absolute Gasteiger partial charge is 0.393 e. The molecule has 4 heteroatoms. The molecule has 0 aliphatic carbocycles. The first kappa shape index (κ1) is 10.9. The van der Waals surface area contributed by atoms with Crippen molar-refractivity contribution >= 4 is 5.95 Å². The molecule has 0 aromatic carbocycles. The Morgan fingerprint density at radius 3 is 2.79 bits per heavy atom. The molecule has 4 nitrogen and oxygen atoms in total. The summed E-state index contributed by atoms with van der Waals surface area (Å²) in [6.07, 6.45) is 2.11. The topological polar surface area (TPSA) is 58.0 Å². The van der Waals surface area contributed by atoms with E-state index in [0.29, 0.717) is 12.4 Å². The maximum Gasteiger partial charge on any atom is 0.223 e. The molecule has 14 heavy (non-hydrogen) atoms. The third kappa shape index (κ3) is 3.70. The normalized spacial score (nSPS) is 14.9. The number of anilines is 1. The summed E-state index contributed by atoms with van der Waals surface area (Å²) in [5.74, 6) is 0.623. The number of hydrogen-bond acceptors (Lipinski definition) is 4. The van der Waals surface area contributed by atoms with Crippen LogP contribution < -0.4 is 5.32 Å². The Bertz CT molecular complexity index is 288. The number of aliphatic hydroxyl groups excluding tert-OH is 1. The fraction of sp³-hybridized carbons (Fsp3) is 0.600. The summed E-state index contributed by atoms with van der Waals surface area (Å²) >= 11 is 0. The van der Waals surface area contributed by atoms with E-state index in [2.05, 4.69) is 15.3 Å². The molecular formula is C10H17N3O. The maximum absolute atomic E-state index is 9.17. The molecule has 0 bridgehead atoms. The van der Waals surface area contributed by atoms with Crippen molar-refractivity contribution in [3.05, 3.63) is 18.0 Å².